The molecule has 2 aliphatic rings. The molecule has 168 valence electrons. The van der Waals surface area contributed by atoms with Crippen LogP contribution in [0.5, 0.6) is 0 Å². The van der Waals surface area contributed by atoms with Gasteiger partial charge in [0.05, 0.1) is 12.6 Å². The van der Waals surface area contributed by atoms with Gasteiger partial charge in [-0.2, -0.15) is 0 Å². The Hall–Kier alpha value is -2.58. The minimum atomic E-state index is -0.851. The molecule has 1 aromatic carbocycles. The molecule has 32 heavy (non-hydrogen) atoms. The van der Waals surface area contributed by atoms with E-state index in [0.717, 1.165) is 61.8 Å². The molecule has 0 saturated carbocycles. The van der Waals surface area contributed by atoms with Crippen molar-refractivity contribution in [1.29, 1.82) is 0 Å². The SMILES string of the molecule is CN1CCN([C@@H]2CN(Cc3cc(-c4cccnc4)no3)CC[C@]2(O)c2ccccc2)CC1. The summed E-state index contributed by atoms with van der Waals surface area (Å²) in [6.45, 7) is 6.27. The van der Waals surface area contributed by atoms with Gasteiger partial charge in [-0.3, -0.25) is 14.8 Å². The number of aliphatic hydroxyl groups is 1. The highest BCUT2D eigenvalue weighted by molar-refractivity contribution is 5.57. The van der Waals surface area contributed by atoms with Crippen molar-refractivity contribution in [2.75, 3.05) is 46.3 Å². The molecule has 2 saturated heterocycles. The second-order valence-electron chi connectivity index (χ2n) is 9.05. The van der Waals surface area contributed by atoms with Crippen molar-refractivity contribution in [3.63, 3.8) is 0 Å². The van der Waals surface area contributed by atoms with E-state index in [1.165, 1.54) is 0 Å². The summed E-state index contributed by atoms with van der Waals surface area (Å²) in [6.07, 6.45) is 4.24. The lowest BCUT2D eigenvalue weighted by molar-refractivity contribution is -0.109. The van der Waals surface area contributed by atoms with Gasteiger partial charge >= 0.3 is 0 Å². The summed E-state index contributed by atoms with van der Waals surface area (Å²) in [5, 5.41) is 16.2. The quantitative estimate of drug-likeness (QED) is 0.663. The van der Waals surface area contributed by atoms with E-state index < -0.39 is 5.60 Å². The van der Waals surface area contributed by atoms with Crippen molar-refractivity contribution in [2.45, 2.75) is 24.6 Å². The Morgan fingerprint density at radius 3 is 2.62 bits per heavy atom. The number of rotatable bonds is 5. The third-order valence-corrected chi connectivity index (χ3v) is 6.94. The van der Waals surface area contributed by atoms with Crippen LogP contribution in [0.1, 0.15) is 17.7 Å². The molecule has 0 aliphatic carbocycles. The first-order chi connectivity index (χ1) is 15.6. The van der Waals surface area contributed by atoms with Crippen molar-refractivity contribution in [3.05, 3.63) is 72.2 Å². The second kappa shape index (κ2) is 9.11. The van der Waals surface area contributed by atoms with E-state index in [9.17, 15) is 5.11 Å². The predicted octanol–water partition coefficient (Wildman–Crippen LogP) is 2.45. The van der Waals surface area contributed by atoms with E-state index in [1.807, 2.05) is 36.4 Å². The van der Waals surface area contributed by atoms with Crippen LogP contribution >= 0.6 is 0 Å². The fourth-order valence-electron chi connectivity index (χ4n) is 5.00. The van der Waals surface area contributed by atoms with Crippen LogP contribution in [0, 0.1) is 0 Å². The van der Waals surface area contributed by atoms with E-state index in [4.69, 9.17) is 4.52 Å². The zero-order valence-electron chi connectivity index (χ0n) is 18.6. The molecule has 7 heteroatoms. The summed E-state index contributed by atoms with van der Waals surface area (Å²) >= 11 is 0. The third kappa shape index (κ3) is 4.34. The molecule has 0 unspecified atom stereocenters. The van der Waals surface area contributed by atoms with Crippen LogP contribution in [-0.2, 0) is 12.1 Å². The number of hydrogen-bond acceptors (Lipinski definition) is 7. The van der Waals surface area contributed by atoms with Crippen LogP contribution in [-0.4, -0.2) is 82.3 Å². The first-order valence-electron chi connectivity index (χ1n) is 11.4. The first kappa shape index (κ1) is 21.3. The number of piperazine rings is 1. The largest absolute Gasteiger partial charge is 0.383 e. The van der Waals surface area contributed by atoms with Crippen LogP contribution in [0.3, 0.4) is 0 Å². The lowest BCUT2D eigenvalue weighted by atomic mass is 9.79. The van der Waals surface area contributed by atoms with Crippen LogP contribution in [0.2, 0.25) is 0 Å². The molecular weight excluding hydrogens is 402 g/mol. The van der Waals surface area contributed by atoms with Crippen LogP contribution < -0.4 is 0 Å². The molecule has 1 N–H and O–H groups in total. The fourth-order valence-corrected chi connectivity index (χ4v) is 5.00. The Labute approximate surface area is 189 Å². The van der Waals surface area contributed by atoms with Gasteiger partial charge in [-0.05, 0) is 31.2 Å². The van der Waals surface area contributed by atoms with Gasteiger partial charge in [-0.15, -0.1) is 0 Å². The minimum Gasteiger partial charge on any atom is -0.383 e. The second-order valence-corrected chi connectivity index (χ2v) is 9.05. The molecule has 2 aliphatic heterocycles. The highest BCUT2D eigenvalue weighted by Gasteiger charge is 2.46. The molecule has 4 heterocycles. The summed E-state index contributed by atoms with van der Waals surface area (Å²) in [5.74, 6) is 0.839. The third-order valence-electron chi connectivity index (χ3n) is 6.94. The Bertz CT molecular complexity index is 1000. The van der Waals surface area contributed by atoms with Gasteiger partial charge in [0.1, 0.15) is 11.3 Å². The average Bonchev–Trinajstić information content (AvgIpc) is 3.31. The molecular formula is C25H31N5O2. The molecule has 0 amide bonds. The number of pyridine rings is 1. The Morgan fingerprint density at radius 1 is 1.06 bits per heavy atom. The van der Waals surface area contributed by atoms with Crippen molar-refractivity contribution in [1.82, 2.24) is 24.8 Å². The van der Waals surface area contributed by atoms with Crippen LogP contribution in [0.25, 0.3) is 11.3 Å². The Balaban J connectivity index is 1.35. The molecule has 0 bridgehead atoms. The van der Waals surface area contributed by atoms with E-state index in [-0.39, 0.29) is 6.04 Å². The maximum atomic E-state index is 11.9. The van der Waals surface area contributed by atoms with Crippen molar-refractivity contribution >= 4 is 0 Å². The molecule has 7 nitrogen and oxygen atoms in total. The number of aromatic nitrogens is 2. The standard InChI is InChI=1S/C25H31N5O2/c1-28-12-14-30(15-13-28)24-19-29(11-9-25(24,31)21-7-3-2-4-8-21)18-22-16-23(27-32-22)20-6-5-10-26-17-20/h2-8,10,16-17,24,31H,9,11-15,18-19H2,1H3/t24-,25+/m1/s1. The molecule has 2 fully saturated rings. The highest BCUT2D eigenvalue weighted by Crippen LogP contribution is 2.37. The number of nitrogens with zero attached hydrogens (tertiary/aromatic N) is 5. The molecule has 0 spiro atoms. The summed E-state index contributed by atoms with van der Waals surface area (Å²) in [7, 11) is 2.16. The molecule has 3 aromatic rings. The van der Waals surface area contributed by atoms with Gasteiger partial charge < -0.3 is 14.5 Å². The van der Waals surface area contributed by atoms with Crippen molar-refractivity contribution in [3.8, 4) is 11.3 Å². The van der Waals surface area contributed by atoms with Crippen molar-refractivity contribution < 1.29 is 9.63 Å². The molecule has 2 atom stereocenters. The normalized spacial score (nSPS) is 25.8. The molecule has 5 rings (SSSR count). The summed E-state index contributed by atoms with van der Waals surface area (Å²) in [6, 6.07) is 16.1. The van der Waals surface area contributed by atoms with Gasteiger partial charge in [0.25, 0.3) is 0 Å². The molecule has 0 radical (unpaired) electrons. The lowest BCUT2D eigenvalue weighted by Gasteiger charge is -2.51. The van der Waals surface area contributed by atoms with E-state index in [0.29, 0.717) is 13.0 Å². The van der Waals surface area contributed by atoms with Gasteiger partial charge in [0.2, 0.25) is 0 Å². The lowest BCUT2D eigenvalue weighted by Crippen LogP contribution is -2.63. The minimum absolute atomic E-state index is 0.0352. The fraction of sp³-hybridized carbons (Fsp3) is 0.440. The summed E-state index contributed by atoms with van der Waals surface area (Å²) < 4.78 is 5.65. The van der Waals surface area contributed by atoms with E-state index >= 15 is 0 Å². The topological polar surface area (TPSA) is 68.9 Å². The number of likely N-dealkylation sites (tertiary alicyclic amines) is 1. The monoisotopic (exact) mass is 433 g/mol. The smallest absolute Gasteiger partial charge is 0.151 e. The summed E-state index contributed by atoms with van der Waals surface area (Å²) in [5.41, 5.74) is 1.93. The highest BCUT2D eigenvalue weighted by atomic mass is 16.5. The Kier molecular flexibility index (Phi) is 6.06. The van der Waals surface area contributed by atoms with Crippen LogP contribution in [0.15, 0.2) is 65.4 Å². The average molecular weight is 434 g/mol. The number of piperidine rings is 1. The van der Waals surface area contributed by atoms with E-state index in [1.54, 1.807) is 12.4 Å². The molecule has 2 aromatic heterocycles. The number of hydrogen-bond donors (Lipinski definition) is 1. The Morgan fingerprint density at radius 2 is 1.88 bits per heavy atom. The predicted molar refractivity (Wildman–Crippen MR) is 123 cm³/mol. The van der Waals surface area contributed by atoms with Gasteiger partial charge in [-0.1, -0.05) is 35.5 Å². The first-order valence-corrected chi connectivity index (χ1v) is 11.4. The zero-order chi connectivity index (χ0) is 22.0. The zero-order valence-corrected chi connectivity index (χ0v) is 18.6. The summed E-state index contributed by atoms with van der Waals surface area (Å²) in [4.78, 5) is 11.4. The van der Waals surface area contributed by atoms with Gasteiger partial charge in [0.15, 0.2) is 5.76 Å². The maximum absolute atomic E-state index is 11.9. The number of benzene rings is 1. The van der Waals surface area contributed by atoms with Crippen molar-refractivity contribution in [2.24, 2.45) is 0 Å². The van der Waals surface area contributed by atoms with Crippen LogP contribution in [0.4, 0.5) is 0 Å². The van der Waals surface area contributed by atoms with Gasteiger partial charge in [-0.25, -0.2) is 0 Å². The van der Waals surface area contributed by atoms with E-state index in [2.05, 4.69) is 44.0 Å². The van der Waals surface area contributed by atoms with Gasteiger partial charge in [0, 0.05) is 63.3 Å². The number of likely N-dealkylation sites (N-methyl/N-ethyl adjacent to an activating group) is 1. The maximum Gasteiger partial charge on any atom is 0.151 e.